The van der Waals surface area contributed by atoms with Crippen LogP contribution in [0, 0.1) is 13.8 Å². The number of fused-ring (bicyclic) bond motifs is 2. The number of nitrogens with one attached hydrogen (secondary N) is 1. The SMILES string of the molecule is CCC1Oc2ccc(-c3nc(C)sc3C)cc2N(CC(=O)Nc2ccc3c(c2)OCO3)C1=O. The minimum absolute atomic E-state index is 0.140. The molecule has 3 heterocycles. The Bertz CT molecular complexity index is 1250. The Hall–Kier alpha value is -3.59. The number of nitrogens with zero attached hydrogens (tertiary/aromatic N) is 2. The van der Waals surface area contributed by atoms with Gasteiger partial charge in [-0.2, -0.15) is 0 Å². The van der Waals surface area contributed by atoms with Gasteiger partial charge in [0.2, 0.25) is 12.7 Å². The first kappa shape index (κ1) is 21.3. The molecule has 0 saturated carbocycles. The molecule has 0 saturated heterocycles. The third-order valence-corrected chi connectivity index (χ3v) is 6.45. The fourth-order valence-electron chi connectivity index (χ4n) is 4.01. The van der Waals surface area contributed by atoms with Crippen molar-refractivity contribution in [1.29, 1.82) is 0 Å². The Kier molecular flexibility index (Phi) is 5.41. The standard InChI is InChI=1S/C24H23N3O5S/c1-4-18-24(29)27(11-22(28)26-16-6-8-20-21(10-16)31-12-30-20)17-9-15(5-7-19(17)32-18)23-13(2)33-14(3)25-23/h5-10,18H,4,11-12H2,1-3H3,(H,26,28). The number of anilines is 2. The van der Waals surface area contributed by atoms with Crippen molar-refractivity contribution >= 4 is 34.5 Å². The van der Waals surface area contributed by atoms with E-state index in [-0.39, 0.29) is 25.2 Å². The van der Waals surface area contributed by atoms with Crippen LogP contribution in [0.5, 0.6) is 17.2 Å². The van der Waals surface area contributed by atoms with Gasteiger partial charge in [0, 0.05) is 22.2 Å². The highest BCUT2D eigenvalue weighted by Crippen LogP contribution is 2.39. The molecule has 170 valence electrons. The molecule has 0 spiro atoms. The number of amides is 2. The van der Waals surface area contributed by atoms with Gasteiger partial charge in [-0.25, -0.2) is 4.98 Å². The van der Waals surface area contributed by atoms with E-state index >= 15 is 0 Å². The summed E-state index contributed by atoms with van der Waals surface area (Å²) in [5.74, 6) is 1.22. The monoisotopic (exact) mass is 465 g/mol. The Morgan fingerprint density at radius 3 is 2.70 bits per heavy atom. The molecule has 0 aliphatic carbocycles. The van der Waals surface area contributed by atoms with Crippen LogP contribution >= 0.6 is 11.3 Å². The first-order chi connectivity index (χ1) is 15.9. The number of ether oxygens (including phenoxy) is 3. The predicted molar refractivity (Wildman–Crippen MR) is 125 cm³/mol. The molecule has 33 heavy (non-hydrogen) atoms. The zero-order valence-corrected chi connectivity index (χ0v) is 19.3. The largest absolute Gasteiger partial charge is 0.478 e. The fourth-order valence-corrected chi connectivity index (χ4v) is 4.85. The zero-order valence-electron chi connectivity index (χ0n) is 18.5. The maximum absolute atomic E-state index is 13.2. The molecule has 2 aliphatic rings. The Balaban J connectivity index is 1.43. The van der Waals surface area contributed by atoms with Gasteiger partial charge in [0.1, 0.15) is 12.3 Å². The normalized spacial score (nSPS) is 16.4. The summed E-state index contributed by atoms with van der Waals surface area (Å²) in [6.07, 6.45) is -0.130. The number of carbonyl (C=O) groups is 2. The maximum Gasteiger partial charge on any atom is 0.268 e. The summed E-state index contributed by atoms with van der Waals surface area (Å²) in [5, 5.41) is 3.81. The molecule has 3 aromatic rings. The summed E-state index contributed by atoms with van der Waals surface area (Å²) >= 11 is 1.62. The fraction of sp³-hybridized carbons (Fsp3) is 0.292. The molecule has 0 fully saturated rings. The first-order valence-electron chi connectivity index (χ1n) is 10.7. The van der Waals surface area contributed by atoms with Gasteiger partial charge in [-0.3, -0.25) is 14.5 Å². The average Bonchev–Trinajstić information content (AvgIpc) is 3.40. The zero-order chi connectivity index (χ0) is 23.1. The van der Waals surface area contributed by atoms with Crippen molar-refractivity contribution in [1.82, 2.24) is 4.98 Å². The molecule has 1 N–H and O–H groups in total. The molecule has 5 rings (SSSR count). The Morgan fingerprint density at radius 1 is 1.15 bits per heavy atom. The lowest BCUT2D eigenvalue weighted by molar-refractivity contribution is -0.128. The molecule has 2 aliphatic heterocycles. The third-order valence-electron chi connectivity index (χ3n) is 5.57. The number of thiazole rings is 1. The molecule has 0 bridgehead atoms. The van der Waals surface area contributed by atoms with Crippen molar-refractivity contribution in [3.8, 4) is 28.5 Å². The van der Waals surface area contributed by atoms with E-state index in [2.05, 4.69) is 10.3 Å². The van der Waals surface area contributed by atoms with Gasteiger partial charge in [0.25, 0.3) is 5.91 Å². The van der Waals surface area contributed by atoms with Crippen LogP contribution in [0.15, 0.2) is 36.4 Å². The third kappa shape index (κ3) is 4.00. The van der Waals surface area contributed by atoms with Crippen LogP contribution in [0.4, 0.5) is 11.4 Å². The Morgan fingerprint density at radius 2 is 1.94 bits per heavy atom. The second-order valence-corrected chi connectivity index (χ2v) is 9.28. The van der Waals surface area contributed by atoms with Crippen LogP contribution in [0.1, 0.15) is 23.2 Å². The summed E-state index contributed by atoms with van der Waals surface area (Å²) in [5.41, 5.74) is 2.88. The van der Waals surface area contributed by atoms with E-state index < -0.39 is 6.10 Å². The maximum atomic E-state index is 13.2. The van der Waals surface area contributed by atoms with Gasteiger partial charge in [-0.1, -0.05) is 6.92 Å². The predicted octanol–water partition coefficient (Wildman–Crippen LogP) is 4.30. The van der Waals surface area contributed by atoms with Crippen LogP contribution in [0.25, 0.3) is 11.3 Å². The number of carbonyl (C=O) groups excluding carboxylic acids is 2. The molecular weight excluding hydrogens is 442 g/mol. The topological polar surface area (TPSA) is 90.0 Å². The van der Waals surface area contributed by atoms with Crippen molar-refractivity contribution in [3.05, 3.63) is 46.3 Å². The number of rotatable bonds is 5. The number of aryl methyl sites for hydroxylation is 2. The summed E-state index contributed by atoms with van der Waals surface area (Å²) in [6.45, 7) is 5.88. The molecule has 2 aromatic carbocycles. The van der Waals surface area contributed by atoms with Crippen molar-refractivity contribution in [2.45, 2.75) is 33.3 Å². The van der Waals surface area contributed by atoms with Gasteiger partial charge in [0.15, 0.2) is 17.6 Å². The first-order valence-corrected chi connectivity index (χ1v) is 11.5. The van der Waals surface area contributed by atoms with E-state index in [0.717, 1.165) is 21.1 Å². The smallest absolute Gasteiger partial charge is 0.268 e. The molecule has 1 aromatic heterocycles. The second-order valence-electron chi connectivity index (χ2n) is 7.88. The van der Waals surface area contributed by atoms with Crippen molar-refractivity contribution < 1.29 is 23.8 Å². The summed E-state index contributed by atoms with van der Waals surface area (Å²) in [6, 6.07) is 10.8. The van der Waals surface area contributed by atoms with Gasteiger partial charge < -0.3 is 19.5 Å². The molecule has 2 amide bonds. The van der Waals surface area contributed by atoms with E-state index in [1.54, 1.807) is 29.5 Å². The molecule has 0 radical (unpaired) electrons. The average molecular weight is 466 g/mol. The molecular formula is C24H23N3O5S. The van der Waals surface area contributed by atoms with Gasteiger partial charge >= 0.3 is 0 Å². The number of benzene rings is 2. The van der Waals surface area contributed by atoms with Gasteiger partial charge in [0.05, 0.1) is 16.4 Å². The molecule has 1 unspecified atom stereocenters. The lowest BCUT2D eigenvalue weighted by Crippen LogP contribution is -2.48. The molecule has 8 nitrogen and oxygen atoms in total. The molecule has 1 atom stereocenters. The van der Waals surface area contributed by atoms with Crippen LogP contribution in [0.3, 0.4) is 0 Å². The minimum atomic E-state index is -0.634. The van der Waals surface area contributed by atoms with E-state index in [9.17, 15) is 9.59 Å². The van der Waals surface area contributed by atoms with E-state index in [0.29, 0.717) is 35.0 Å². The van der Waals surface area contributed by atoms with Crippen LogP contribution in [-0.4, -0.2) is 36.2 Å². The van der Waals surface area contributed by atoms with Gasteiger partial charge in [-0.05, 0) is 50.6 Å². The van der Waals surface area contributed by atoms with Gasteiger partial charge in [-0.15, -0.1) is 11.3 Å². The van der Waals surface area contributed by atoms with Crippen LogP contribution < -0.4 is 24.4 Å². The lowest BCUT2D eigenvalue weighted by Gasteiger charge is -2.34. The van der Waals surface area contributed by atoms with Crippen molar-refractivity contribution in [3.63, 3.8) is 0 Å². The number of hydrogen-bond acceptors (Lipinski definition) is 7. The van der Waals surface area contributed by atoms with E-state index in [1.807, 2.05) is 39.0 Å². The highest BCUT2D eigenvalue weighted by Gasteiger charge is 2.35. The van der Waals surface area contributed by atoms with E-state index in [1.165, 1.54) is 4.90 Å². The molecule has 9 heteroatoms. The summed E-state index contributed by atoms with van der Waals surface area (Å²) < 4.78 is 16.6. The quantitative estimate of drug-likeness (QED) is 0.604. The summed E-state index contributed by atoms with van der Waals surface area (Å²) in [7, 11) is 0. The lowest BCUT2D eigenvalue weighted by atomic mass is 10.1. The van der Waals surface area contributed by atoms with Crippen molar-refractivity contribution in [2.75, 3.05) is 23.6 Å². The highest BCUT2D eigenvalue weighted by molar-refractivity contribution is 7.11. The van der Waals surface area contributed by atoms with Crippen molar-refractivity contribution in [2.24, 2.45) is 0 Å². The van der Waals surface area contributed by atoms with Crippen LogP contribution in [0.2, 0.25) is 0 Å². The van der Waals surface area contributed by atoms with E-state index in [4.69, 9.17) is 14.2 Å². The minimum Gasteiger partial charge on any atom is -0.478 e. The summed E-state index contributed by atoms with van der Waals surface area (Å²) in [4.78, 5) is 33.3. The second kappa shape index (κ2) is 8.40. The number of aromatic nitrogens is 1. The van der Waals surface area contributed by atoms with Crippen LogP contribution in [-0.2, 0) is 9.59 Å². The highest BCUT2D eigenvalue weighted by atomic mass is 32.1. The number of hydrogen-bond donors (Lipinski definition) is 1. The Labute approximate surface area is 195 Å².